The molecule has 1 amide bonds. The summed E-state index contributed by atoms with van der Waals surface area (Å²) in [5.74, 6) is -0.147. The van der Waals surface area contributed by atoms with Crippen LogP contribution in [0, 0.1) is 13.8 Å². The molecule has 0 aliphatic carbocycles. The summed E-state index contributed by atoms with van der Waals surface area (Å²) < 4.78 is 1.69. The second kappa shape index (κ2) is 6.75. The van der Waals surface area contributed by atoms with E-state index in [2.05, 4.69) is 15.7 Å². The van der Waals surface area contributed by atoms with E-state index in [9.17, 15) is 9.90 Å². The van der Waals surface area contributed by atoms with Gasteiger partial charge in [-0.25, -0.2) is 0 Å². The van der Waals surface area contributed by atoms with E-state index >= 15 is 0 Å². The lowest BCUT2D eigenvalue weighted by Gasteiger charge is -2.43. The van der Waals surface area contributed by atoms with Gasteiger partial charge in [0.2, 0.25) is 5.91 Å². The number of hydrogen-bond donors (Lipinski definition) is 3. The van der Waals surface area contributed by atoms with Crippen LogP contribution in [0.5, 0.6) is 0 Å². The summed E-state index contributed by atoms with van der Waals surface area (Å²) in [6.45, 7) is 5.18. The van der Waals surface area contributed by atoms with Crippen molar-refractivity contribution in [1.29, 1.82) is 0 Å². The zero-order chi connectivity index (χ0) is 17.2. The monoisotopic (exact) mass is 328 g/mol. The van der Waals surface area contributed by atoms with E-state index in [1.54, 1.807) is 4.68 Å². The Balaban J connectivity index is 1.84. The van der Waals surface area contributed by atoms with Gasteiger partial charge >= 0.3 is 0 Å². The van der Waals surface area contributed by atoms with Crippen LogP contribution in [0.3, 0.4) is 0 Å². The zero-order valence-electron chi connectivity index (χ0n) is 14.1. The molecule has 6 nitrogen and oxygen atoms in total. The fourth-order valence-electron chi connectivity index (χ4n) is 3.41. The molecule has 2 atom stereocenters. The minimum absolute atomic E-state index is 0.147. The number of carbonyl (C=O) groups is 1. The Morgan fingerprint density at radius 1 is 1.42 bits per heavy atom. The van der Waals surface area contributed by atoms with Gasteiger partial charge in [0, 0.05) is 12.2 Å². The highest BCUT2D eigenvalue weighted by atomic mass is 16.3. The van der Waals surface area contributed by atoms with Crippen molar-refractivity contribution < 1.29 is 9.90 Å². The van der Waals surface area contributed by atoms with Gasteiger partial charge in [-0.05, 0) is 38.4 Å². The molecule has 3 rings (SSSR count). The topological polar surface area (TPSA) is 79.2 Å². The van der Waals surface area contributed by atoms with Gasteiger partial charge in [0.05, 0.1) is 17.3 Å². The lowest BCUT2D eigenvalue weighted by atomic mass is 9.79. The summed E-state index contributed by atoms with van der Waals surface area (Å²) >= 11 is 0. The first-order valence-corrected chi connectivity index (χ1v) is 8.27. The van der Waals surface area contributed by atoms with Gasteiger partial charge in [0.15, 0.2) is 0 Å². The average Bonchev–Trinajstić information content (AvgIpc) is 2.88. The lowest BCUT2D eigenvalue weighted by Crippen LogP contribution is -2.61. The second-order valence-corrected chi connectivity index (χ2v) is 6.44. The lowest BCUT2D eigenvalue weighted by molar-refractivity contribution is -0.126. The standard InChI is InChI=1S/C18H24N4O2/c1-13-10-14(2)22(21-13)12-17(24)20-18(8-9-19-11-16(18)23)15-6-4-3-5-7-15/h3-7,10,16,19,23H,8-9,11-12H2,1-2H3,(H,20,24)/t16-,18-/m1/s1. The Morgan fingerprint density at radius 2 is 2.17 bits per heavy atom. The van der Waals surface area contributed by atoms with E-state index in [0.29, 0.717) is 13.0 Å². The number of nitrogens with one attached hydrogen (secondary N) is 2. The summed E-state index contributed by atoms with van der Waals surface area (Å²) in [6.07, 6.45) is -0.0424. The van der Waals surface area contributed by atoms with Crippen LogP contribution in [0.4, 0.5) is 0 Å². The van der Waals surface area contributed by atoms with Crippen LogP contribution in [-0.4, -0.2) is 40.0 Å². The van der Waals surface area contributed by atoms with Crippen molar-refractivity contribution in [2.45, 2.75) is 38.5 Å². The van der Waals surface area contributed by atoms with Crippen molar-refractivity contribution in [1.82, 2.24) is 20.4 Å². The molecule has 0 bridgehead atoms. The van der Waals surface area contributed by atoms with E-state index < -0.39 is 11.6 Å². The molecule has 2 heterocycles. The Hall–Kier alpha value is -2.18. The van der Waals surface area contributed by atoms with E-state index in [4.69, 9.17) is 0 Å². The third-order valence-electron chi connectivity index (χ3n) is 4.65. The number of aliphatic hydroxyl groups excluding tert-OH is 1. The van der Waals surface area contributed by atoms with Gasteiger partial charge in [-0.15, -0.1) is 0 Å². The SMILES string of the molecule is Cc1cc(C)n(CC(=O)N[C@@]2(c3ccccc3)CCNC[C@H]2O)n1. The largest absolute Gasteiger partial charge is 0.389 e. The first kappa shape index (κ1) is 16.7. The van der Waals surface area contributed by atoms with E-state index in [1.165, 1.54) is 0 Å². The van der Waals surface area contributed by atoms with Crippen LogP contribution in [-0.2, 0) is 16.9 Å². The number of nitrogens with zero attached hydrogens (tertiary/aromatic N) is 2. The van der Waals surface area contributed by atoms with Crippen LogP contribution in [0.2, 0.25) is 0 Å². The minimum Gasteiger partial charge on any atom is -0.389 e. The van der Waals surface area contributed by atoms with Crippen molar-refractivity contribution in [3.8, 4) is 0 Å². The third-order valence-corrected chi connectivity index (χ3v) is 4.65. The number of aryl methyl sites for hydroxylation is 2. The Morgan fingerprint density at radius 3 is 2.79 bits per heavy atom. The number of piperidine rings is 1. The second-order valence-electron chi connectivity index (χ2n) is 6.44. The highest BCUT2D eigenvalue weighted by Gasteiger charge is 2.42. The Labute approximate surface area is 141 Å². The van der Waals surface area contributed by atoms with Crippen LogP contribution >= 0.6 is 0 Å². The summed E-state index contributed by atoms with van der Waals surface area (Å²) in [7, 11) is 0. The van der Waals surface area contributed by atoms with Crippen molar-refractivity contribution in [2.75, 3.05) is 13.1 Å². The van der Waals surface area contributed by atoms with E-state index in [1.807, 2.05) is 50.2 Å². The first-order chi connectivity index (χ1) is 11.5. The maximum Gasteiger partial charge on any atom is 0.242 e. The van der Waals surface area contributed by atoms with Gasteiger partial charge in [0.25, 0.3) is 0 Å². The minimum atomic E-state index is -0.764. The van der Waals surface area contributed by atoms with Gasteiger partial charge in [-0.2, -0.15) is 5.10 Å². The molecule has 0 unspecified atom stereocenters. The highest BCUT2D eigenvalue weighted by molar-refractivity contribution is 5.77. The molecule has 1 aliphatic rings. The number of benzene rings is 1. The predicted molar refractivity (Wildman–Crippen MR) is 91.5 cm³/mol. The van der Waals surface area contributed by atoms with Crippen molar-refractivity contribution in [3.05, 3.63) is 53.3 Å². The zero-order valence-corrected chi connectivity index (χ0v) is 14.1. The molecule has 24 heavy (non-hydrogen) atoms. The summed E-state index contributed by atoms with van der Waals surface area (Å²) in [4.78, 5) is 12.7. The molecule has 2 aromatic rings. The summed E-state index contributed by atoms with van der Waals surface area (Å²) in [6, 6.07) is 11.6. The summed E-state index contributed by atoms with van der Waals surface area (Å²) in [5, 5.41) is 21.3. The maximum absolute atomic E-state index is 12.7. The molecule has 1 aromatic heterocycles. The molecule has 0 saturated carbocycles. The molecular formula is C18H24N4O2. The number of amides is 1. The molecule has 128 valence electrons. The number of aromatic nitrogens is 2. The van der Waals surface area contributed by atoms with Crippen LogP contribution in [0.25, 0.3) is 0 Å². The smallest absolute Gasteiger partial charge is 0.242 e. The predicted octanol–water partition coefficient (Wildman–Crippen LogP) is 0.866. The molecule has 0 radical (unpaired) electrons. The number of rotatable bonds is 4. The third kappa shape index (κ3) is 3.20. The summed E-state index contributed by atoms with van der Waals surface area (Å²) in [5.41, 5.74) is 2.00. The molecule has 1 saturated heterocycles. The van der Waals surface area contributed by atoms with Gasteiger partial charge in [0.1, 0.15) is 6.54 Å². The molecular weight excluding hydrogens is 304 g/mol. The molecule has 1 aromatic carbocycles. The number of aliphatic hydroxyl groups is 1. The fraction of sp³-hybridized carbons (Fsp3) is 0.444. The van der Waals surface area contributed by atoms with Crippen LogP contribution in [0.1, 0.15) is 23.4 Å². The molecule has 1 aliphatic heterocycles. The van der Waals surface area contributed by atoms with Gasteiger partial charge < -0.3 is 15.7 Å². The van der Waals surface area contributed by atoms with E-state index in [-0.39, 0.29) is 12.5 Å². The number of β-amino-alcohol motifs (C(OH)–C–C–N with tert-alkyl or cyclic N) is 1. The van der Waals surface area contributed by atoms with Crippen molar-refractivity contribution in [3.63, 3.8) is 0 Å². The average molecular weight is 328 g/mol. The molecule has 6 heteroatoms. The normalized spacial score (nSPS) is 23.9. The van der Waals surface area contributed by atoms with Crippen LogP contribution in [0.15, 0.2) is 36.4 Å². The van der Waals surface area contributed by atoms with Gasteiger partial charge in [-0.1, -0.05) is 30.3 Å². The Kier molecular flexibility index (Phi) is 4.69. The van der Waals surface area contributed by atoms with Crippen LogP contribution < -0.4 is 10.6 Å². The maximum atomic E-state index is 12.7. The molecule has 3 N–H and O–H groups in total. The van der Waals surface area contributed by atoms with Crippen molar-refractivity contribution >= 4 is 5.91 Å². The Bertz CT molecular complexity index is 713. The van der Waals surface area contributed by atoms with E-state index in [0.717, 1.165) is 23.5 Å². The highest BCUT2D eigenvalue weighted by Crippen LogP contribution is 2.31. The van der Waals surface area contributed by atoms with Crippen molar-refractivity contribution in [2.24, 2.45) is 0 Å². The number of carbonyl (C=O) groups excluding carboxylic acids is 1. The van der Waals surface area contributed by atoms with Gasteiger partial charge in [-0.3, -0.25) is 9.48 Å². The molecule has 0 spiro atoms. The quantitative estimate of drug-likeness (QED) is 0.778. The molecule has 1 fully saturated rings. The fourth-order valence-corrected chi connectivity index (χ4v) is 3.41. The number of hydrogen-bond acceptors (Lipinski definition) is 4. The first-order valence-electron chi connectivity index (χ1n) is 8.27.